The van der Waals surface area contributed by atoms with Gasteiger partial charge in [-0.1, -0.05) is 33.8 Å². The van der Waals surface area contributed by atoms with Crippen molar-refractivity contribution in [3.8, 4) is 0 Å². The second kappa shape index (κ2) is 3.43. The van der Waals surface area contributed by atoms with E-state index in [9.17, 15) is 0 Å². The summed E-state index contributed by atoms with van der Waals surface area (Å²) in [5.74, 6) is 0. The molecule has 1 aliphatic rings. The van der Waals surface area contributed by atoms with Gasteiger partial charge in [-0.25, -0.2) is 0 Å². The third-order valence-electron chi connectivity index (χ3n) is 3.38. The summed E-state index contributed by atoms with van der Waals surface area (Å²) in [6.07, 6.45) is 1.87. The predicted molar refractivity (Wildman–Crippen MR) is 53.5 cm³/mol. The molecule has 0 N–H and O–H groups in total. The van der Waals surface area contributed by atoms with Crippen molar-refractivity contribution in [1.82, 2.24) is 0 Å². The van der Waals surface area contributed by atoms with Crippen LogP contribution in [0.4, 0.5) is 0 Å². The highest BCUT2D eigenvalue weighted by Gasteiger charge is 2.44. The third-order valence-corrected chi connectivity index (χ3v) is 3.38. The maximum atomic E-state index is 5.54. The van der Waals surface area contributed by atoms with Crippen LogP contribution in [0.25, 0.3) is 0 Å². The quantitative estimate of drug-likeness (QED) is 0.628. The van der Waals surface area contributed by atoms with E-state index in [2.05, 4.69) is 34.3 Å². The van der Waals surface area contributed by atoms with Crippen LogP contribution in [0, 0.1) is 10.8 Å². The van der Waals surface area contributed by atoms with Crippen molar-refractivity contribution < 1.29 is 9.47 Å². The van der Waals surface area contributed by atoms with Gasteiger partial charge in [0.25, 0.3) is 0 Å². The Morgan fingerprint density at radius 1 is 1.15 bits per heavy atom. The lowest BCUT2D eigenvalue weighted by atomic mass is 9.67. The molecule has 0 radical (unpaired) electrons. The molecule has 0 unspecified atom stereocenters. The lowest BCUT2D eigenvalue weighted by Crippen LogP contribution is -2.42. The zero-order valence-electron chi connectivity index (χ0n) is 9.09. The van der Waals surface area contributed by atoms with Crippen molar-refractivity contribution in [2.75, 3.05) is 13.2 Å². The largest absolute Gasteiger partial charge is 0.350 e. The maximum absolute atomic E-state index is 5.54. The molecule has 0 aromatic rings. The summed E-state index contributed by atoms with van der Waals surface area (Å²) >= 11 is 0. The summed E-state index contributed by atoms with van der Waals surface area (Å²) in [7, 11) is 0. The standard InChI is InChI=1S/C11H20O2/c1-6-10(2,3)11(4,5)9-12-7-8-13-9/h6,9H,1,7-8H2,2-5H3. The van der Waals surface area contributed by atoms with Gasteiger partial charge >= 0.3 is 0 Å². The van der Waals surface area contributed by atoms with Crippen molar-refractivity contribution in [2.24, 2.45) is 10.8 Å². The van der Waals surface area contributed by atoms with Gasteiger partial charge in [-0.2, -0.15) is 0 Å². The summed E-state index contributed by atoms with van der Waals surface area (Å²) < 4.78 is 11.1. The molecule has 1 saturated heterocycles. The second-order valence-electron chi connectivity index (χ2n) is 4.72. The van der Waals surface area contributed by atoms with Gasteiger partial charge in [0, 0.05) is 5.41 Å². The van der Waals surface area contributed by atoms with Gasteiger partial charge in [0.05, 0.1) is 13.2 Å². The monoisotopic (exact) mass is 184 g/mol. The van der Waals surface area contributed by atoms with Crippen LogP contribution in [0.15, 0.2) is 12.7 Å². The number of rotatable bonds is 3. The van der Waals surface area contributed by atoms with Crippen LogP contribution >= 0.6 is 0 Å². The molecule has 0 atom stereocenters. The smallest absolute Gasteiger partial charge is 0.163 e. The molecule has 1 rings (SSSR count). The molecule has 13 heavy (non-hydrogen) atoms. The van der Waals surface area contributed by atoms with Crippen LogP contribution in [0.1, 0.15) is 27.7 Å². The van der Waals surface area contributed by atoms with Gasteiger partial charge in [0.2, 0.25) is 0 Å². The molecule has 0 saturated carbocycles. The number of hydrogen-bond acceptors (Lipinski definition) is 2. The van der Waals surface area contributed by atoms with E-state index in [1.165, 1.54) is 0 Å². The van der Waals surface area contributed by atoms with Crippen molar-refractivity contribution in [1.29, 1.82) is 0 Å². The zero-order valence-corrected chi connectivity index (χ0v) is 9.09. The van der Waals surface area contributed by atoms with Crippen LogP contribution in [-0.4, -0.2) is 19.5 Å². The molecule has 76 valence electrons. The summed E-state index contributed by atoms with van der Waals surface area (Å²) in [5.41, 5.74) is -0.0206. The Labute approximate surface area is 80.9 Å². The van der Waals surface area contributed by atoms with E-state index in [0.29, 0.717) is 13.2 Å². The average molecular weight is 184 g/mol. The fourth-order valence-corrected chi connectivity index (χ4v) is 1.34. The first kappa shape index (κ1) is 10.7. The maximum Gasteiger partial charge on any atom is 0.163 e. The molecule has 0 amide bonds. The van der Waals surface area contributed by atoms with Crippen LogP contribution < -0.4 is 0 Å². The van der Waals surface area contributed by atoms with Crippen LogP contribution in [0.2, 0.25) is 0 Å². The molecule has 2 nitrogen and oxygen atoms in total. The summed E-state index contributed by atoms with van der Waals surface area (Å²) in [5, 5.41) is 0. The summed E-state index contributed by atoms with van der Waals surface area (Å²) in [6, 6.07) is 0. The Morgan fingerprint density at radius 2 is 1.62 bits per heavy atom. The van der Waals surface area contributed by atoms with Crippen molar-refractivity contribution in [2.45, 2.75) is 34.0 Å². The molecule has 2 heteroatoms. The summed E-state index contributed by atoms with van der Waals surface area (Å²) in [6.45, 7) is 13.9. The Hall–Kier alpha value is -0.340. The lowest BCUT2D eigenvalue weighted by Gasteiger charge is -2.42. The number of allylic oxidation sites excluding steroid dienone is 1. The fraction of sp³-hybridized carbons (Fsp3) is 0.818. The minimum Gasteiger partial charge on any atom is -0.350 e. The zero-order chi connectivity index (χ0) is 10.1. The summed E-state index contributed by atoms with van der Waals surface area (Å²) in [4.78, 5) is 0. The van der Waals surface area contributed by atoms with Gasteiger partial charge in [0.1, 0.15) is 0 Å². The van der Waals surface area contributed by atoms with Crippen LogP contribution in [-0.2, 0) is 9.47 Å². The van der Waals surface area contributed by atoms with E-state index in [1.54, 1.807) is 0 Å². The Balaban J connectivity index is 2.79. The third kappa shape index (κ3) is 1.79. The minimum absolute atomic E-state index is 0.0159. The molecule has 1 fully saturated rings. The van der Waals surface area contributed by atoms with E-state index in [4.69, 9.17) is 9.47 Å². The number of ether oxygens (including phenoxy) is 2. The average Bonchev–Trinajstić information content (AvgIpc) is 2.56. The van der Waals surface area contributed by atoms with E-state index in [1.807, 2.05) is 6.08 Å². The molecular formula is C11H20O2. The van der Waals surface area contributed by atoms with Crippen molar-refractivity contribution in [3.63, 3.8) is 0 Å². The Bertz CT molecular complexity index is 188. The van der Waals surface area contributed by atoms with Gasteiger partial charge in [-0.15, -0.1) is 6.58 Å². The van der Waals surface area contributed by atoms with Crippen molar-refractivity contribution in [3.05, 3.63) is 12.7 Å². The first-order chi connectivity index (χ1) is 5.92. The Morgan fingerprint density at radius 3 is 2.00 bits per heavy atom. The molecule has 0 spiro atoms. The molecular weight excluding hydrogens is 164 g/mol. The van der Waals surface area contributed by atoms with E-state index in [0.717, 1.165) is 0 Å². The molecule has 0 aromatic heterocycles. The van der Waals surface area contributed by atoms with Gasteiger partial charge in [0.15, 0.2) is 6.29 Å². The number of hydrogen-bond donors (Lipinski definition) is 0. The Kier molecular flexibility index (Phi) is 2.83. The van der Waals surface area contributed by atoms with E-state index in [-0.39, 0.29) is 17.1 Å². The van der Waals surface area contributed by atoms with Crippen LogP contribution in [0.3, 0.4) is 0 Å². The molecule has 0 bridgehead atoms. The highest BCUT2D eigenvalue weighted by Crippen LogP contribution is 2.44. The highest BCUT2D eigenvalue weighted by atomic mass is 16.7. The lowest BCUT2D eigenvalue weighted by molar-refractivity contribution is -0.151. The SMILES string of the molecule is C=CC(C)(C)C(C)(C)C1OCCO1. The van der Waals surface area contributed by atoms with E-state index >= 15 is 0 Å². The molecule has 0 aromatic carbocycles. The molecule has 0 aliphatic carbocycles. The fourth-order valence-electron chi connectivity index (χ4n) is 1.34. The normalized spacial score (nSPS) is 20.6. The van der Waals surface area contributed by atoms with Gasteiger partial charge in [-0.05, 0) is 5.41 Å². The van der Waals surface area contributed by atoms with Crippen LogP contribution in [0.5, 0.6) is 0 Å². The minimum atomic E-state index is -0.0968. The van der Waals surface area contributed by atoms with E-state index < -0.39 is 0 Å². The first-order valence-electron chi connectivity index (χ1n) is 4.78. The molecule has 1 heterocycles. The topological polar surface area (TPSA) is 18.5 Å². The van der Waals surface area contributed by atoms with Gasteiger partial charge in [-0.3, -0.25) is 0 Å². The van der Waals surface area contributed by atoms with Gasteiger partial charge < -0.3 is 9.47 Å². The first-order valence-corrected chi connectivity index (χ1v) is 4.78. The molecule has 1 aliphatic heterocycles. The van der Waals surface area contributed by atoms with Crippen molar-refractivity contribution >= 4 is 0 Å². The second-order valence-corrected chi connectivity index (χ2v) is 4.72. The predicted octanol–water partition coefficient (Wildman–Crippen LogP) is 2.60. The highest BCUT2D eigenvalue weighted by molar-refractivity contribution is 5.00.